The molecule has 3 heterocycles. The lowest BCUT2D eigenvalue weighted by atomic mass is 10.1. The van der Waals surface area contributed by atoms with Crippen LogP contribution in [0.15, 0.2) is 12.1 Å². The zero-order valence-electron chi connectivity index (χ0n) is 15.2. The summed E-state index contributed by atoms with van der Waals surface area (Å²) in [6.07, 6.45) is 2.55. The number of nitrogens with one attached hydrogen (secondary N) is 2. The Morgan fingerprint density at radius 2 is 2.04 bits per heavy atom. The van der Waals surface area contributed by atoms with Crippen molar-refractivity contribution in [3.05, 3.63) is 17.8 Å². The molecular weight excluding hydrogens is 394 g/mol. The maximum Gasteiger partial charge on any atom is 0.284 e. The van der Waals surface area contributed by atoms with E-state index in [1.165, 1.54) is 11.0 Å². The number of pyridine rings is 1. The Labute approximate surface area is 161 Å². The van der Waals surface area contributed by atoms with Crippen LogP contribution in [-0.4, -0.2) is 62.5 Å². The number of hydrazine groups is 1. The molecule has 1 atom stereocenters. The summed E-state index contributed by atoms with van der Waals surface area (Å²) >= 11 is 0. The van der Waals surface area contributed by atoms with Crippen molar-refractivity contribution in [2.45, 2.75) is 31.2 Å². The molecule has 0 bridgehead atoms. The molecule has 11 heteroatoms. The van der Waals surface area contributed by atoms with Gasteiger partial charge in [-0.1, -0.05) is 0 Å². The predicted molar refractivity (Wildman–Crippen MR) is 97.3 cm³/mol. The van der Waals surface area contributed by atoms with Crippen molar-refractivity contribution in [2.75, 3.05) is 36.1 Å². The van der Waals surface area contributed by atoms with Gasteiger partial charge in [0.05, 0.1) is 31.2 Å². The molecule has 2 aliphatic heterocycles. The zero-order chi connectivity index (χ0) is 19.9. The molecule has 1 unspecified atom stereocenters. The molecule has 28 heavy (non-hydrogen) atoms. The van der Waals surface area contributed by atoms with E-state index < -0.39 is 34.8 Å². The van der Waals surface area contributed by atoms with Gasteiger partial charge in [-0.2, -0.15) is 0 Å². The molecule has 1 amide bonds. The van der Waals surface area contributed by atoms with E-state index in [1.54, 1.807) is 6.07 Å². The highest BCUT2D eigenvalue weighted by Crippen LogP contribution is 2.37. The first-order chi connectivity index (χ1) is 13.2. The predicted octanol–water partition coefficient (Wildman–Crippen LogP) is 0.747. The van der Waals surface area contributed by atoms with Crippen LogP contribution in [0.5, 0.6) is 5.88 Å². The number of alkyl halides is 2. The van der Waals surface area contributed by atoms with E-state index in [-0.39, 0.29) is 29.1 Å². The Morgan fingerprint density at radius 1 is 1.29 bits per heavy atom. The third kappa shape index (κ3) is 4.52. The van der Waals surface area contributed by atoms with Crippen LogP contribution < -0.4 is 20.5 Å². The lowest BCUT2D eigenvalue weighted by molar-refractivity contribution is -0.0265. The summed E-state index contributed by atoms with van der Waals surface area (Å²) in [4.78, 5) is 18.0. The average Bonchev–Trinajstić information content (AvgIpc) is 3.38. The molecular formula is C17H22F2N4O4S. The highest BCUT2D eigenvalue weighted by atomic mass is 32.2. The Balaban J connectivity index is 1.42. The number of anilines is 1. The van der Waals surface area contributed by atoms with Crippen molar-refractivity contribution in [3.8, 4) is 5.88 Å². The molecule has 0 aromatic carbocycles. The Kier molecular flexibility index (Phi) is 4.90. The minimum atomic E-state index is -3.06. The minimum absolute atomic E-state index is 0.0292. The van der Waals surface area contributed by atoms with Gasteiger partial charge in [0.1, 0.15) is 11.4 Å². The standard InChI is InChI=1S/C17H22F2N4O4S/c18-17(19)9-23(10-17)14-4-3-13(20-16(14)27-7-11-1-2-11)15(24)22-21-12-5-6-28(25,26)8-12/h3-4,11-12,21H,1-2,5-10H2,(H,22,24). The molecule has 4 rings (SSSR count). The largest absolute Gasteiger partial charge is 0.476 e. The lowest BCUT2D eigenvalue weighted by Crippen LogP contribution is -2.56. The highest BCUT2D eigenvalue weighted by molar-refractivity contribution is 7.91. The average molecular weight is 416 g/mol. The molecule has 3 fully saturated rings. The number of hydrogen-bond donors (Lipinski definition) is 2. The molecule has 0 spiro atoms. The van der Waals surface area contributed by atoms with Gasteiger partial charge in [-0.05, 0) is 37.3 Å². The second-order valence-electron chi connectivity index (χ2n) is 7.69. The van der Waals surface area contributed by atoms with Gasteiger partial charge in [0.2, 0.25) is 5.88 Å². The van der Waals surface area contributed by atoms with E-state index >= 15 is 0 Å². The normalized spacial score (nSPS) is 25.2. The van der Waals surface area contributed by atoms with Crippen molar-refractivity contribution in [3.63, 3.8) is 0 Å². The molecule has 2 N–H and O–H groups in total. The molecule has 1 aromatic rings. The third-order valence-corrected chi connectivity index (χ3v) is 6.80. The Hall–Kier alpha value is -2.01. The molecule has 2 saturated heterocycles. The van der Waals surface area contributed by atoms with Gasteiger partial charge < -0.3 is 9.64 Å². The van der Waals surface area contributed by atoms with Gasteiger partial charge in [-0.25, -0.2) is 27.6 Å². The van der Waals surface area contributed by atoms with E-state index in [4.69, 9.17) is 4.74 Å². The molecule has 154 valence electrons. The Morgan fingerprint density at radius 3 is 2.64 bits per heavy atom. The van der Waals surface area contributed by atoms with Gasteiger partial charge in [-0.3, -0.25) is 10.2 Å². The number of aromatic nitrogens is 1. The van der Waals surface area contributed by atoms with Crippen molar-refractivity contribution < 1.29 is 26.7 Å². The highest BCUT2D eigenvalue weighted by Gasteiger charge is 2.45. The van der Waals surface area contributed by atoms with Gasteiger partial charge in [0, 0.05) is 6.04 Å². The van der Waals surface area contributed by atoms with Crippen molar-refractivity contribution >= 4 is 21.4 Å². The summed E-state index contributed by atoms with van der Waals surface area (Å²) in [6.45, 7) is -0.372. The molecule has 0 radical (unpaired) electrons. The van der Waals surface area contributed by atoms with E-state index in [2.05, 4.69) is 15.8 Å². The minimum Gasteiger partial charge on any atom is -0.476 e. The van der Waals surface area contributed by atoms with Crippen molar-refractivity contribution in [1.29, 1.82) is 0 Å². The molecule has 1 aromatic heterocycles. The smallest absolute Gasteiger partial charge is 0.284 e. The van der Waals surface area contributed by atoms with Gasteiger partial charge >= 0.3 is 0 Å². The first-order valence-corrected chi connectivity index (χ1v) is 11.1. The summed E-state index contributed by atoms with van der Waals surface area (Å²) in [7, 11) is -3.06. The number of rotatable bonds is 7. The SMILES string of the molecule is O=C(NNC1CCS(=O)(=O)C1)c1ccc(N2CC(F)(F)C2)c(OCC2CC2)n1. The summed E-state index contributed by atoms with van der Waals surface area (Å²) in [6, 6.07) is 2.65. The summed E-state index contributed by atoms with van der Waals surface area (Å²) < 4.78 is 55.1. The monoisotopic (exact) mass is 416 g/mol. The van der Waals surface area contributed by atoms with Crippen LogP contribution in [0.3, 0.4) is 0 Å². The fourth-order valence-electron chi connectivity index (χ4n) is 3.21. The number of sulfone groups is 1. The number of ether oxygens (including phenoxy) is 1. The summed E-state index contributed by atoms with van der Waals surface area (Å²) in [5.41, 5.74) is 5.69. The van der Waals surface area contributed by atoms with E-state index in [1.807, 2.05) is 0 Å². The number of halogens is 2. The maximum atomic E-state index is 13.2. The summed E-state index contributed by atoms with van der Waals surface area (Å²) in [5.74, 6) is -2.60. The van der Waals surface area contributed by atoms with Crippen LogP contribution in [0.4, 0.5) is 14.5 Å². The molecule has 8 nitrogen and oxygen atoms in total. The van der Waals surface area contributed by atoms with Crippen molar-refractivity contribution in [1.82, 2.24) is 15.8 Å². The third-order valence-electron chi connectivity index (χ3n) is 5.03. The van der Waals surface area contributed by atoms with Gasteiger partial charge in [-0.15, -0.1) is 0 Å². The number of amides is 1. The molecule has 3 aliphatic rings. The number of hydrogen-bond acceptors (Lipinski definition) is 7. The fourth-order valence-corrected chi connectivity index (χ4v) is 4.88. The first-order valence-electron chi connectivity index (χ1n) is 9.24. The van der Waals surface area contributed by atoms with Crippen LogP contribution in [0.2, 0.25) is 0 Å². The summed E-state index contributed by atoms with van der Waals surface area (Å²) in [5, 5.41) is 0. The molecule has 1 aliphatic carbocycles. The zero-order valence-corrected chi connectivity index (χ0v) is 16.0. The van der Waals surface area contributed by atoms with Crippen LogP contribution >= 0.6 is 0 Å². The number of carbonyl (C=O) groups excluding carboxylic acids is 1. The Bertz CT molecular complexity index is 868. The second kappa shape index (κ2) is 7.11. The quantitative estimate of drug-likeness (QED) is 0.633. The molecule has 1 saturated carbocycles. The van der Waals surface area contributed by atoms with Crippen LogP contribution in [-0.2, 0) is 9.84 Å². The van der Waals surface area contributed by atoms with Gasteiger partial charge in [0.15, 0.2) is 9.84 Å². The van der Waals surface area contributed by atoms with Crippen molar-refractivity contribution in [2.24, 2.45) is 5.92 Å². The van der Waals surface area contributed by atoms with Crippen LogP contribution in [0.25, 0.3) is 0 Å². The van der Waals surface area contributed by atoms with E-state index in [0.29, 0.717) is 24.6 Å². The van der Waals surface area contributed by atoms with Gasteiger partial charge in [0.25, 0.3) is 11.8 Å². The number of nitrogens with zero attached hydrogens (tertiary/aromatic N) is 2. The number of carbonyl (C=O) groups is 1. The fraction of sp³-hybridized carbons (Fsp3) is 0.647. The second-order valence-corrected chi connectivity index (χ2v) is 9.91. The topological polar surface area (TPSA) is 101 Å². The van der Waals surface area contributed by atoms with E-state index in [9.17, 15) is 22.0 Å². The van der Waals surface area contributed by atoms with E-state index in [0.717, 1.165) is 12.8 Å². The maximum absolute atomic E-state index is 13.2. The lowest BCUT2D eigenvalue weighted by Gasteiger charge is -2.40. The van der Waals surface area contributed by atoms with Crippen LogP contribution in [0.1, 0.15) is 29.8 Å². The first kappa shape index (κ1) is 19.3. The van der Waals surface area contributed by atoms with Crippen LogP contribution in [0, 0.1) is 5.92 Å².